The van der Waals surface area contributed by atoms with Crippen molar-refractivity contribution in [2.45, 2.75) is 12.8 Å². The highest BCUT2D eigenvalue weighted by atomic mass is 16.5. The van der Waals surface area contributed by atoms with Gasteiger partial charge in [0.2, 0.25) is 0 Å². The zero-order valence-corrected chi connectivity index (χ0v) is 11.0. The Morgan fingerprint density at radius 3 is 3.11 bits per heavy atom. The highest BCUT2D eigenvalue weighted by Gasteiger charge is 2.25. The molecule has 1 aliphatic heterocycles. The Morgan fingerprint density at radius 2 is 2.37 bits per heavy atom. The molecule has 0 atom stereocenters. The minimum Gasteiger partial charge on any atom is -0.482 e. The molecule has 0 saturated carbocycles. The normalized spacial score (nSPS) is 13.7. The second-order valence-electron chi connectivity index (χ2n) is 4.40. The molecule has 0 spiro atoms. The third-order valence-electron chi connectivity index (χ3n) is 3.08. The van der Waals surface area contributed by atoms with E-state index in [9.17, 15) is 4.79 Å². The lowest BCUT2D eigenvalue weighted by Gasteiger charge is -2.29. The summed E-state index contributed by atoms with van der Waals surface area (Å²) in [5.74, 6) is 0.624. The molecular weight excluding hydrogens is 242 g/mol. The van der Waals surface area contributed by atoms with Crippen molar-refractivity contribution < 1.29 is 9.53 Å². The average Bonchev–Trinajstić information content (AvgIpc) is 2.44. The predicted octanol–water partition coefficient (Wildman–Crippen LogP) is 1.09. The van der Waals surface area contributed by atoms with Gasteiger partial charge in [-0.2, -0.15) is 5.26 Å². The van der Waals surface area contributed by atoms with Crippen LogP contribution >= 0.6 is 0 Å². The molecule has 0 radical (unpaired) electrons. The molecule has 2 rings (SSSR count). The lowest BCUT2D eigenvalue weighted by Crippen LogP contribution is -2.39. The van der Waals surface area contributed by atoms with Gasteiger partial charge in [-0.05, 0) is 37.7 Å². The zero-order valence-electron chi connectivity index (χ0n) is 11.0. The topological polar surface area (TPSA) is 65.4 Å². The molecule has 1 amide bonds. The maximum Gasteiger partial charge on any atom is 0.265 e. The largest absolute Gasteiger partial charge is 0.482 e. The van der Waals surface area contributed by atoms with Crippen LogP contribution in [0.5, 0.6) is 5.75 Å². The number of ether oxygens (including phenoxy) is 1. The molecule has 19 heavy (non-hydrogen) atoms. The number of carbonyl (C=O) groups is 1. The molecule has 5 heteroatoms. The van der Waals surface area contributed by atoms with Crippen molar-refractivity contribution in [2.75, 3.05) is 31.6 Å². The first-order valence-corrected chi connectivity index (χ1v) is 6.34. The zero-order chi connectivity index (χ0) is 13.7. The van der Waals surface area contributed by atoms with E-state index in [1.807, 2.05) is 25.2 Å². The first-order chi connectivity index (χ1) is 9.26. The molecule has 0 aliphatic carbocycles. The molecule has 0 bridgehead atoms. The van der Waals surface area contributed by atoms with Crippen molar-refractivity contribution >= 4 is 11.6 Å². The smallest absolute Gasteiger partial charge is 0.265 e. The van der Waals surface area contributed by atoms with E-state index in [4.69, 9.17) is 10.00 Å². The Morgan fingerprint density at radius 1 is 1.53 bits per heavy atom. The molecule has 1 aromatic carbocycles. The second kappa shape index (κ2) is 6.21. The number of benzene rings is 1. The van der Waals surface area contributed by atoms with Gasteiger partial charge in [0.15, 0.2) is 6.61 Å². The van der Waals surface area contributed by atoms with Gasteiger partial charge in [-0.3, -0.25) is 4.79 Å². The third kappa shape index (κ3) is 3.04. The van der Waals surface area contributed by atoms with Gasteiger partial charge < -0.3 is 15.0 Å². The van der Waals surface area contributed by atoms with E-state index in [2.05, 4.69) is 11.4 Å². The van der Waals surface area contributed by atoms with Crippen LogP contribution in [0.15, 0.2) is 18.2 Å². The lowest BCUT2D eigenvalue weighted by molar-refractivity contribution is -0.121. The van der Waals surface area contributed by atoms with Crippen LogP contribution in [0.3, 0.4) is 0 Å². The standard InChI is InChI=1S/C14H17N3O2/c1-16-7-5-11-3-4-13-12(9-11)17(8-2-6-15)14(18)10-19-13/h3-4,9,16H,2,5,7-8,10H2,1H3. The van der Waals surface area contributed by atoms with Gasteiger partial charge in [0, 0.05) is 6.54 Å². The molecule has 1 aliphatic rings. The van der Waals surface area contributed by atoms with Crippen LogP contribution in [-0.2, 0) is 11.2 Å². The first kappa shape index (κ1) is 13.4. The van der Waals surface area contributed by atoms with Crippen molar-refractivity contribution in [1.29, 1.82) is 5.26 Å². The quantitative estimate of drug-likeness (QED) is 0.859. The van der Waals surface area contributed by atoms with Gasteiger partial charge in [0.1, 0.15) is 5.75 Å². The summed E-state index contributed by atoms with van der Waals surface area (Å²) in [5.41, 5.74) is 1.92. The van der Waals surface area contributed by atoms with Crippen LogP contribution in [0, 0.1) is 11.3 Å². The molecule has 1 N–H and O–H groups in total. The number of fused-ring (bicyclic) bond motifs is 1. The number of nitriles is 1. The van der Waals surface area contributed by atoms with Crippen molar-refractivity contribution in [3.63, 3.8) is 0 Å². The molecule has 0 unspecified atom stereocenters. The van der Waals surface area contributed by atoms with E-state index >= 15 is 0 Å². The van der Waals surface area contributed by atoms with E-state index in [1.165, 1.54) is 0 Å². The molecule has 5 nitrogen and oxygen atoms in total. The Hall–Kier alpha value is -2.06. The first-order valence-electron chi connectivity index (χ1n) is 6.34. The Kier molecular flexibility index (Phi) is 4.37. The number of anilines is 1. The van der Waals surface area contributed by atoms with E-state index in [-0.39, 0.29) is 12.5 Å². The highest BCUT2D eigenvalue weighted by Crippen LogP contribution is 2.33. The van der Waals surface area contributed by atoms with Crippen LogP contribution in [0.2, 0.25) is 0 Å². The van der Waals surface area contributed by atoms with Gasteiger partial charge >= 0.3 is 0 Å². The highest BCUT2D eigenvalue weighted by molar-refractivity contribution is 5.97. The lowest BCUT2D eigenvalue weighted by atomic mass is 10.1. The Balaban J connectivity index is 2.25. The molecule has 0 saturated heterocycles. The molecular formula is C14H17N3O2. The van der Waals surface area contributed by atoms with Gasteiger partial charge in [0.05, 0.1) is 18.2 Å². The van der Waals surface area contributed by atoms with E-state index in [0.29, 0.717) is 18.7 Å². The van der Waals surface area contributed by atoms with Crippen LogP contribution < -0.4 is 15.0 Å². The van der Waals surface area contributed by atoms with Gasteiger partial charge in [-0.1, -0.05) is 6.07 Å². The molecule has 1 heterocycles. The summed E-state index contributed by atoms with van der Waals surface area (Å²) in [6.07, 6.45) is 1.22. The van der Waals surface area contributed by atoms with Gasteiger partial charge in [-0.25, -0.2) is 0 Å². The fourth-order valence-electron chi connectivity index (χ4n) is 2.08. The second-order valence-corrected chi connectivity index (χ2v) is 4.40. The van der Waals surface area contributed by atoms with Crippen LogP contribution in [0.25, 0.3) is 0 Å². The number of rotatable bonds is 5. The van der Waals surface area contributed by atoms with Crippen molar-refractivity contribution in [3.05, 3.63) is 23.8 Å². The number of hydrogen-bond acceptors (Lipinski definition) is 4. The van der Waals surface area contributed by atoms with E-state index in [1.54, 1.807) is 4.90 Å². The van der Waals surface area contributed by atoms with Crippen LogP contribution in [0.4, 0.5) is 5.69 Å². The summed E-state index contributed by atoms with van der Waals surface area (Å²) in [4.78, 5) is 13.5. The number of hydrogen-bond donors (Lipinski definition) is 1. The van der Waals surface area contributed by atoms with Crippen LogP contribution in [0.1, 0.15) is 12.0 Å². The summed E-state index contributed by atoms with van der Waals surface area (Å²) < 4.78 is 5.42. The number of nitrogens with one attached hydrogen (secondary N) is 1. The van der Waals surface area contributed by atoms with Crippen molar-refractivity contribution in [2.24, 2.45) is 0 Å². The Labute approximate surface area is 112 Å². The van der Waals surface area contributed by atoms with E-state index < -0.39 is 0 Å². The van der Waals surface area contributed by atoms with Crippen LogP contribution in [-0.4, -0.2) is 32.7 Å². The fraction of sp³-hybridized carbons (Fsp3) is 0.429. The maximum absolute atomic E-state index is 11.9. The molecule has 0 fully saturated rings. The van der Waals surface area contributed by atoms with Crippen molar-refractivity contribution in [1.82, 2.24) is 5.32 Å². The predicted molar refractivity (Wildman–Crippen MR) is 72.2 cm³/mol. The number of nitrogens with zero attached hydrogens (tertiary/aromatic N) is 2. The summed E-state index contributed by atoms with van der Waals surface area (Å²) in [6.45, 7) is 1.35. The molecule has 100 valence electrons. The SMILES string of the molecule is CNCCc1ccc2c(c1)N(CCC#N)C(=O)CO2. The van der Waals surface area contributed by atoms with Crippen molar-refractivity contribution in [3.8, 4) is 11.8 Å². The Bertz CT molecular complexity index is 508. The number of amides is 1. The summed E-state index contributed by atoms with van der Waals surface area (Å²) >= 11 is 0. The number of carbonyl (C=O) groups excluding carboxylic acids is 1. The summed E-state index contributed by atoms with van der Waals surface area (Å²) in [5, 5.41) is 11.8. The monoisotopic (exact) mass is 259 g/mol. The minimum atomic E-state index is -0.0893. The van der Waals surface area contributed by atoms with Gasteiger partial charge in [-0.15, -0.1) is 0 Å². The minimum absolute atomic E-state index is 0.0499. The summed E-state index contributed by atoms with van der Waals surface area (Å²) in [6, 6.07) is 7.95. The number of likely N-dealkylation sites (N-methyl/N-ethyl adjacent to an activating group) is 1. The third-order valence-corrected chi connectivity index (χ3v) is 3.08. The van der Waals surface area contributed by atoms with E-state index in [0.717, 1.165) is 24.2 Å². The molecule has 0 aromatic heterocycles. The molecule has 1 aromatic rings. The average molecular weight is 259 g/mol. The van der Waals surface area contributed by atoms with Gasteiger partial charge in [0.25, 0.3) is 5.91 Å². The summed E-state index contributed by atoms with van der Waals surface area (Å²) in [7, 11) is 1.91. The maximum atomic E-state index is 11.9. The fourth-order valence-corrected chi connectivity index (χ4v) is 2.08.